The maximum absolute atomic E-state index is 14.8. The van der Waals surface area contributed by atoms with Gasteiger partial charge < -0.3 is 116 Å². The molecule has 4 heterocycles. The first-order valence-electron chi connectivity index (χ1n) is 48.3. The molecule has 0 spiro atoms. The molecule has 12 N–H and O–H groups in total. The van der Waals surface area contributed by atoms with Gasteiger partial charge in [0.2, 0.25) is 41.4 Å². The highest BCUT2D eigenvalue weighted by Crippen LogP contribution is 2.30. The topological polar surface area (TPSA) is 509 Å². The van der Waals surface area contributed by atoms with Crippen molar-refractivity contribution in [2.24, 2.45) is 0 Å². The molecule has 13 amide bonds. The van der Waals surface area contributed by atoms with E-state index in [1.165, 1.54) is 28.9 Å². The van der Waals surface area contributed by atoms with Gasteiger partial charge in [-0.3, -0.25) is 33.6 Å². The molecule has 0 bridgehead atoms. The van der Waals surface area contributed by atoms with Crippen molar-refractivity contribution in [1.29, 1.82) is 0 Å². The number of carbonyl (C=O) groups excluding carboxylic acids is 15. The van der Waals surface area contributed by atoms with Crippen LogP contribution in [0.15, 0.2) is 121 Å². The first-order chi connectivity index (χ1) is 66.0. The summed E-state index contributed by atoms with van der Waals surface area (Å²) in [4.78, 5) is 216. The zero-order valence-electron chi connectivity index (χ0n) is 85.6. The summed E-state index contributed by atoms with van der Waals surface area (Å²) >= 11 is 0. The second-order valence-electron chi connectivity index (χ2n) is 41.4. The fourth-order valence-corrected chi connectivity index (χ4v) is 16.0. The third kappa shape index (κ3) is 42.2. The summed E-state index contributed by atoms with van der Waals surface area (Å²) < 4.78 is 41.9. The molecule has 4 aliphatic heterocycles. The lowest BCUT2D eigenvalue weighted by Crippen LogP contribution is -2.63. The van der Waals surface area contributed by atoms with Crippen LogP contribution in [0.3, 0.4) is 0 Å². The van der Waals surface area contributed by atoms with Gasteiger partial charge in [0, 0.05) is 65.0 Å². The number of benzene rings is 4. The SMILES string of the molecule is CC(C)(C)OC(=O)NCCCC[C@@H](NC(=O)[C@H]1CCCN1C(=O)[C@@H](Cc1ccccc1)NC(=O)[C@@H](Cc1ccccc1)NC(=O)OC(C)(C)C)C(=O)O.COC(=O)C1(NC(=O)OC(C)(C)C)CCN(C(=O)[C@@H](CCCCNC(=O)OC(C)(C)C)NC(=O)[C@H]2CCCN2C(=O)[C@@H](Cc2ccccc2)NC(=O)[C@@H](Cc2ccccc2)NC(=O)OC(C)(C)C)CC1.COC(=O)C1(NC(=O)OC(C)(C)C)CCNCC1. The number of carboxylic acid groups (broad SMARTS) is 1. The smallest absolute Gasteiger partial charge is 0.408 e. The van der Waals surface area contributed by atoms with Gasteiger partial charge in [-0.1, -0.05) is 121 Å². The fourth-order valence-electron chi connectivity index (χ4n) is 16.0. The standard InChI is InChI=1S/C51H75N7O12.C39H55N5O9.C12H22N2O4/c1-48(2,3)68-45(64)52-28-18-17-24-36(42(61)57-30-26-51(27-31-57,44(63)67-10)56-47(66)70-50(7,8)9)53-41(60)39-25-19-29-58(39)43(62)38(33-35-22-15-12-16-23-35)54-40(59)37(32-34-20-13-11-14-21-34)55-46(65)69-49(4,5)6;1-38(2,3)52-36(50)40-22-14-13-20-28(35(48)49)41-33(46)31-21-15-23-44(31)34(47)30(25-27-18-11-8-12-19-27)42-32(45)29(24-26-16-9-7-10-17-26)43-37(51)53-39(4,5)6;1-11(2,3)18-10(16)14-12(9(15)17-4)5-7-13-8-6-12/h11-16,20-23,36-39H,17-19,24-33H2,1-10H3,(H,52,64)(H,53,60)(H,54,59)(H,55,65)(H,56,66);7-12,16-19,28-31H,13-15,20-25H2,1-6H3,(H,40,50)(H,41,46)(H,42,45)(H,43,51)(H,48,49);13H,5-8H2,1-4H3,(H,14,16)/t36-,37-,38-,39-;28-,29-,30-,31-;/m11./s1. The van der Waals surface area contributed by atoms with E-state index in [1.807, 2.05) is 121 Å². The molecule has 4 saturated heterocycles. The summed E-state index contributed by atoms with van der Waals surface area (Å²) in [7, 11) is 2.53. The van der Waals surface area contributed by atoms with E-state index < -0.39 is 189 Å². The quantitative estimate of drug-likeness (QED) is 0.0114. The number of amides is 13. The minimum Gasteiger partial charge on any atom is -0.480 e. The molecular formula is C102H152N14O25. The average molecular weight is 1970 g/mol. The van der Waals surface area contributed by atoms with Crippen LogP contribution < -0.4 is 58.5 Å². The molecule has 0 radical (unpaired) electrons. The minimum atomic E-state index is -1.47. The average Bonchev–Trinajstić information content (AvgIpc) is 1.72. The van der Waals surface area contributed by atoms with Crippen LogP contribution in [0.2, 0.25) is 0 Å². The van der Waals surface area contributed by atoms with Crippen LogP contribution in [-0.4, -0.2) is 275 Å². The highest BCUT2D eigenvalue weighted by Gasteiger charge is 2.49. The molecule has 0 aromatic heterocycles. The molecule has 4 aromatic rings. The van der Waals surface area contributed by atoms with Gasteiger partial charge in [0.1, 0.15) is 93.0 Å². The zero-order chi connectivity index (χ0) is 105. The van der Waals surface area contributed by atoms with E-state index in [4.69, 9.17) is 37.9 Å². The minimum absolute atomic E-state index is 0.00403. The van der Waals surface area contributed by atoms with E-state index in [0.29, 0.717) is 70.9 Å². The van der Waals surface area contributed by atoms with Crippen molar-refractivity contribution < 1.29 is 120 Å². The van der Waals surface area contributed by atoms with E-state index >= 15 is 0 Å². The van der Waals surface area contributed by atoms with Crippen LogP contribution in [0.25, 0.3) is 0 Å². The van der Waals surface area contributed by atoms with E-state index in [1.54, 1.807) is 125 Å². The number of hydrogen-bond donors (Lipinski definition) is 12. The highest BCUT2D eigenvalue weighted by molar-refractivity contribution is 5.98. The number of piperidine rings is 2. The Kier molecular flexibility index (Phi) is 45.0. The molecule has 141 heavy (non-hydrogen) atoms. The lowest BCUT2D eigenvalue weighted by molar-refractivity contribution is -0.153. The molecule has 4 aromatic carbocycles. The second-order valence-corrected chi connectivity index (χ2v) is 41.4. The number of esters is 2. The van der Waals surface area contributed by atoms with Crippen LogP contribution in [0, 0.1) is 0 Å². The number of unbranched alkanes of at least 4 members (excludes halogenated alkanes) is 2. The second kappa shape index (κ2) is 54.2. The third-order valence-corrected chi connectivity index (χ3v) is 22.5. The van der Waals surface area contributed by atoms with E-state index in [0.717, 1.165) is 22.3 Å². The number of carbonyl (C=O) groups is 16. The zero-order valence-corrected chi connectivity index (χ0v) is 85.6. The molecule has 8 atom stereocenters. The van der Waals surface area contributed by atoms with Crippen molar-refractivity contribution in [2.75, 3.05) is 66.6 Å². The molecule has 39 nitrogen and oxygen atoms in total. The summed E-state index contributed by atoms with van der Waals surface area (Å²) in [6.45, 7) is 33.5. The van der Waals surface area contributed by atoms with Gasteiger partial charge in [0.25, 0.3) is 0 Å². The number of nitrogens with zero attached hydrogens (tertiary/aromatic N) is 3. The Labute approximate surface area is 828 Å². The van der Waals surface area contributed by atoms with Crippen molar-refractivity contribution in [3.63, 3.8) is 0 Å². The number of alkyl carbamates (subject to hydrolysis) is 6. The van der Waals surface area contributed by atoms with Crippen molar-refractivity contribution >= 4 is 95.8 Å². The van der Waals surface area contributed by atoms with Gasteiger partial charge in [-0.25, -0.2) is 43.2 Å². The third-order valence-electron chi connectivity index (χ3n) is 22.5. The molecule has 780 valence electrons. The highest BCUT2D eigenvalue weighted by atomic mass is 16.6. The van der Waals surface area contributed by atoms with Gasteiger partial charge in [0.15, 0.2) is 0 Å². The van der Waals surface area contributed by atoms with Crippen LogP contribution in [-0.2, 0) is 112 Å². The normalized spacial score (nSPS) is 17.0. The van der Waals surface area contributed by atoms with Crippen LogP contribution in [0.1, 0.15) is 237 Å². The molecule has 0 saturated carbocycles. The number of nitrogens with one attached hydrogen (secondary N) is 11. The number of ether oxygens (including phenoxy) is 8. The molecule has 8 rings (SSSR count). The largest absolute Gasteiger partial charge is 0.480 e. The van der Waals surface area contributed by atoms with Crippen molar-refractivity contribution in [3.8, 4) is 0 Å². The maximum Gasteiger partial charge on any atom is 0.408 e. The van der Waals surface area contributed by atoms with Crippen molar-refractivity contribution in [1.82, 2.24) is 73.2 Å². The Morgan fingerprint density at radius 1 is 0.355 bits per heavy atom. The van der Waals surface area contributed by atoms with Gasteiger partial charge in [0.05, 0.1) is 14.2 Å². The first-order valence-corrected chi connectivity index (χ1v) is 48.3. The summed E-state index contributed by atoms with van der Waals surface area (Å²) in [5, 5.41) is 40.3. The predicted molar refractivity (Wildman–Crippen MR) is 524 cm³/mol. The number of methoxy groups -OCH3 is 2. The number of likely N-dealkylation sites (tertiary alicyclic amines) is 3. The lowest BCUT2D eigenvalue weighted by Gasteiger charge is -2.41. The number of hydrogen-bond acceptors (Lipinski definition) is 25. The summed E-state index contributed by atoms with van der Waals surface area (Å²) in [5.74, 6) is -6.19. The van der Waals surface area contributed by atoms with Gasteiger partial charge in [-0.15, -0.1) is 0 Å². The van der Waals surface area contributed by atoms with Crippen LogP contribution in [0.5, 0.6) is 0 Å². The first kappa shape index (κ1) is 117. The Morgan fingerprint density at radius 2 is 0.652 bits per heavy atom. The molecule has 0 unspecified atom stereocenters. The number of aliphatic carboxylic acids is 1. The van der Waals surface area contributed by atoms with Crippen molar-refractivity contribution in [2.45, 2.75) is 333 Å². The molecule has 0 aliphatic carbocycles. The Hall–Kier alpha value is -12.8. The molecule has 39 heteroatoms. The summed E-state index contributed by atoms with van der Waals surface area (Å²) in [6.07, 6.45) is 0.777. The van der Waals surface area contributed by atoms with Crippen LogP contribution in [0.4, 0.5) is 28.8 Å². The molecular weight excluding hydrogens is 1820 g/mol. The molecule has 4 fully saturated rings. The number of rotatable bonds is 36. The van der Waals surface area contributed by atoms with Gasteiger partial charge in [-0.05, 0) is 250 Å². The fraction of sp³-hybridized carbons (Fsp3) is 0.608. The molecule has 4 aliphatic rings. The maximum atomic E-state index is 14.8. The van der Waals surface area contributed by atoms with E-state index in [2.05, 4.69) is 58.5 Å². The van der Waals surface area contributed by atoms with Crippen molar-refractivity contribution in [3.05, 3.63) is 144 Å². The van der Waals surface area contributed by atoms with E-state index in [9.17, 15) is 81.8 Å². The monoisotopic (exact) mass is 1970 g/mol. The summed E-state index contributed by atoms with van der Waals surface area (Å²) in [6, 6.07) is 27.7. The Bertz CT molecular complexity index is 4780. The lowest BCUT2D eigenvalue weighted by atomic mass is 9.87. The van der Waals surface area contributed by atoms with Gasteiger partial charge in [-0.2, -0.15) is 0 Å². The van der Waals surface area contributed by atoms with Gasteiger partial charge >= 0.3 is 54.5 Å². The van der Waals surface area contributed by atoms with E-state index in [-0.39, 0.29) is 97.1 Å². The summed E-state index contributed by atoms with van der Waals surface area (Å²) in [5.41, 5.74) is -3.82. The number of carboxylic acids is 1. The Morgan fingerprint density at radius 3 is 0.972 bits per heavy atom. The predicted octanol–water partition coefficient (Wildman–Crippen LogP) is 9.99. The Balaban J connectivity index is 0.000000375. The van der Waals surface area contributed by atoms with Crippen LogP contribution >= 0.6 is 0 Å².